The minimum Gasteiger partial charge on any atom is -0.327 e. The van der Waals surface area contributed by atoms with Gasteiger partial charge in [-0.05, 0) is 44.1 Å². The van der Waals surface area contributed by atoms with E-state index >= 15 is 0 Å². The number of rotatable bonds is 6. The fraction of sp³-hybridized carbons (Fsp3) is 0.571. The minimum absolute atomic E-state index is 0.143. The summed E-state index contributed by atoms with van der Waals surface area (Å²) in [7, 11) is 1.89. The Kier molecular flexibility index (Phi) is 5.69. The van der Waals surface area contributed by atoms with E-state index in [4.69, 9.17) is 5.73 Å². The molecule has 18 heavy (non-hydrogen) atoms. The SMILES string of the molecule is CC(C)C(N)CCN(C)Cc1cc(F)ccc1F. The molecule has 1 unspecified atom stereocenters. The molecule has 0 aromatic heterocycles. The molecule has 1 atom stereocenters. The first-order valence-corrected chi connectivity index (χ1v) is 6.28. The molecule has 0 aliphatic carbocycles. The molecule has 0 saturated carbocycles. The molecule has 2 nitrogen and oxygen atoms in total. The van der Waals surface area contributed by atoms with Crippen molar-refractivity contribution in [3.63, 3.8) is 0 Å². The monoisotopic (exact) mass is 256 g/mol. The number of benzene rings is 1. The van der Waals surface area contributed by atoms with Crippen LogP contribution in [0.25, 0.3) is 0 Å². The summed E-state index contributed by atoms with van der Waals surface area (Å²) in [5.41, 5.74) is 6.34. The van der Waals surface area contributed by atoms with Crippen LogP contribution in [-0.4, -0.2) is 24.5 Å². The molecule has 102 valence electrons. The largest absolute Gasteiger partial charge is 0.327 e. The van der Waals surface area contributed by atoms with Crippen LogP contribution >= 0.6 is 0 Å². The first-order chi connectivity index (χ1) is 8.40. The Balaban J connectivity index is 2.49. The van der Waals surface area contributed by atoms with Gasteiger partial charge >= 0.3 is 0 Å². The third-order valence-corrected chi connectivity index (χ3v) is 3.15. The van der Waals surface area contributed by atoms with Gasteiger partial charge in [-0.2, -0.15) is 0 Å². The molecule has 0 aliphatic heterocycles. The molecule has 1 rings (SSSR count). The van der Waals surface area contributed by atoms with Gasteiger partial charge in [-0.25, -0.2) is 8.78 Å². The number of halogens is 2. The molecule has 1 aromatic carbocycles. The Morgan fingerprint density at radius 3 is 2.56 bits per heavy atom. The maximum atomic E-state index is 13.4. The number of nitrogens with zero attached hydrogens (tertiary/aromatic N) is 1. The highest BCUT2D eigenvalue weighted by atomic mass is 19.1. The van der Waals surface area contributed by atoms with Crippen LogP contribution in [0.15, 0.2) is 18.2 Å². The third-order valence-electron chi connectivity index (χ3n) is 3.15. The fourth-order valence-corrected chi connectivity index (χ4v) is 1.74. The van der Waals surface area contributed by atoms with Gasteiger partial charge in [-0.3, -0.25) is 0 Å². The molecule has 0 bridgehead atoms. The van der Waals surface area contributed by atoms with E-state index in [9.17, 15) is 8.78 Å². The molecule has 1 aromatic rings. The van der Waals surface area contributed by atoms with Crippen molar-refractivity contribution >= 4 is 0 Å². The average molecular weight is 256 g/mol. The lowest BCUT2D eigenvalue weighted by molar-refractivity contribution is 0.292. The summed E-state index contributed by atoms with van der Waals surface area (Å²) in [6, 6.07) is 3.69. The van der Waals surface area contributed by atoms with Gasteiger partial charge in [-0.15, -0.1) is 0 Å². The Morgan fingerprint density at radius 2 is 1.94 bits per heavy atom. The van der Waals surface area contributed by atoms with E-state index in [1.165, 1.54) is 12.1 Å². The highest BCUT2D eigenvalue weighted by molar-refractivity contribution is 5.18. The molecule has 0 saturated heterocycles. The van der Waals surface area contributed by atoms with Crippen LogP contribution in [0, 0.1) is 17.6 Å². The Hall–Kier alpha value is -1.00. The summed E-state index contributed by atoms with van der Waals surface area (Å²) >= 11 is 0. The third kappa shape index (κ3) is 4.70. The van der Waals surface area contributed by atoms with Crippen molar-refractivity contribution in [1.82, 2.24) is 4.90 Å². The van der Waals surface area contributed by atoms with Crippen molar-refractivity contribution in [2.75, 3.05) is 13.6 Å². The summed E-state index contributed by atoms with van der Waals surface area (Å²) < 4.78 is 26.5. The second kappa shape index (κ2) is 6.81. The van der Waals surface area contributed by atoms with Gasteiger partial charge in [0.2, 0.25) is 0 Å². The predicted molar refractivity (Wildman–Crippen MR) is 70.1 cm³/mol. The second-order valence-electron chi connectivity index (χ2n) is 5.17. The minimum atomic E-state index is -0.404. The summed E-state index contributed by atoms with van der Waals surface area (Å²) in [5.74, 6) is -0.334. The zero-order valence-corrected chi connectivity index (χ0v) is 11.3. The molecule has 0 heterocycles. The van der Waals surface area contributed by atoms with E-state index in [0.717, 1.165) is 19.0 Å². The van der Waals surface area contributed by atoms with Crippen molar-refractivity contribution in [2.45, 2.75) is 32.9 Å². The maximum Gasteiger partial charge on any atom is 0.127 e. The highest BCUT2D eigenvalue weighted by Gasteiger charge is 2.11. The average Bonchev–Trinajstić information content (AvgIpc) is 2.30. The zero-order valence-electron chi connectivity index (χ0n) is 11.3. The lowest BCUT2D eigenvalue weighted by atomic mass is 10.0. The number of nitrogens with two attached hydrogens (primary N) is 1. The lowest BCUT2D eigenvalue weighted by Crippen LogP contribution is -2.31. The normalized spacial score (nSPS) is 13.3. The van der Waals surface area contributed by atoms with Crippen LogP contribution in [0.5, 0.6) is 0 Å². The Bertz CT molecular complexity index is 380. The van der Waals surface area contributed by atoms with Gasteiger partial charge in [0.1, 0.15) is 11.6 Å². The molecular formula is C14H22F2N2. The lowest BCUT2D eigenvalue weighted by Gasteiger charge is -2.21. The van der Waals surface area contributed by atoms with Gasteiger partial charge < -0.3 is 10.6 Å². The van der Waals surface area contributed by atoms with E-state index in [-0.39, 0.29) is 11.9 Å². The molecule has 0 amide bonds. The quantitative estimate of drug-likeness (QED) is 0.848. The van der Waals surface area contributed by atoms with Crippen LogP contribution in [0.2, 0.25) is 0 Å². The Morgan fingerprint density at radius 1 is 1.28 bits per heavy atom. The molecule has 0 radical (unpaired) electrons. The van der Waals surface area contributed by atoms with E-state index in [0.29, 0.717) is 18.0 Å². The Labute approximate surface area is 108 Å². The first kappa shape index (κ1) is 15.1. The standard InChI is InChI=1S/C14H22F2N2/c1-10(2)14(17)6-7-18(3)9-11-8-12(15)4-5-13(11)16/h4-5,8,10,14H,6-7,9,17H2,1-3H3. The number of hydrogen-bond acceptors (Lipinski definition) is 2. The van der Waals surface area contributed by atoms with E-state index in [1.807, 2.05) is 11.9 Å². The summed E-state index contributed by atoms with van der Waals surface area (Å²) in [4.78, 5) is 1.96. The highest BCUT2D eigenvalue weighted by Crippen LogP contribution is 2.12. The molecular weight excluding hydrogens is 234 g/mol. The van der Waals surface area contributed by atoms with Crippen LogP contribution in [-0.2, 0) is 6.54 Å². The summed E-state index contributed by atoms with van der Waals surface area (Å²) in [6.07, 6.45) is 0.852. The fourth-order valence-electron chi connectivity index (χ4n) is 1.74. The van der Waals surface area contributed by atoms with Crippen molar-refractivity contribution in [1.29, 1.82) is 0 Å². The second-order valence-corrected chi connectivity index (χ2v) is 5.17. The van der Waals surface area contributed by atoms with Gasteiger partial charge in [0.15, 0.2) is 0 Å². The van der Waals surface area contributed by atoms with Crippen LogP contribution < -0.4 is 5.73 Å². The molecule has 0 spiro atoms. The summed E-state index contributed by atoms with van der Waals surface area (Å²) in [5, 5.41) is 0. The van der Waals surface area contributed by atoms with Crippen molar-refractivity contribution in [3.05, 3.63) is 35.4 Å². The van der Waals surface area contributed by atoms with Crippen molar-refractivity contribution in [2.24, 2.45) is 11.7 Å². The van der Waals surface area contributed by atoms with Gasteiger partial charge in [0.25, 0.3) is 0 Å². The maximum absolute atomic E-state index is 13.4. The predicted octanol–water partition coefficient (Wildman–Crippen LogP) is 2.77. The molecule has 2 N–H and O–H groups in total. The summed E-state index contributed by atoms with van der Waals surface area (Å²) in [6.45, 7) is 5.33. The van der Waals surface area contributed by atoms with E-state index in [2.05, 4.69) is 13.8 Å². The van der Waals surface area contributed by atoms with Gasteiger partial charge in [0.05, 0.1) is 0 Å². The zero-order chi connectivity index (χ0) is 13.7. The van der Waals surface area contributed by atoms with Crippen molar-refractivity contribution in [3.8, 4) is 0 Å². The van der Waals surface area contributed by atoms with Crippen LogP contribution in [0.4, 0.5) is 8.78 Å². The molecule has 0 fully saturated rings. The van der Waals surface area contributed by atoms with Crippen molar-refractivity contribution < 1.29 is 8.78 Å². The topological polar surface area (TPSA) is 29.3 Å². The number of hydrogen-bond donors (Lipinski definition) is 1. The molecule has 0 aliphatic rings. The smallest absolute Gasteiger partial charge is 0.127 e. The van der Waals surface area contributed by atoms with Gasteiger partial charge in [0, 0.05) is 18.2 Å². The first-order valence-electron chi connectivity index (χ1n) is 6.28. The van der Waals surface area contributed by atoms with E-state index in [1.54, 1.807) is 0 Å². The molecule has 4 heteroatoms. The van der Waals surface area contributed by atoms with Gasteiger partial charge in [-0.1, -0.05) is 13.8 Å². The van der Waals surface area contributed by atoms with Crippen LogP contribution in [0.1, 0.15) is 25.8 Å². The van der Waals surface area contributed by atoms with Crippen LogP contribution in [0.3, 0.4) is 0 Å². The van der Waals surface area contributed by atoms with E-state index < -0.39 is 5.82 Å².